The summed E-state index contributed by atoms with van der Waals surface area (Å²) in [6, 6.07) is 3.15. The van der Waals surface area contributed by atoms with Crippen molar-refractivity contribution >= 4 is 22.6 Å². The average molecular weight is 399 g/mol. The maximum Gasteiger partial charge on any atom is 0.341 e. The lowest BCUT2D eigenvalue weighted by Gasteiger charge is -2.40. The Morgan fingerprint density at radius 1 is 1.38 bits per heavy atom. The molecule has 2 aliphatic heterocycles. The number of fused-ring (bicyclic) bond motifs is 1. The van der Waals surface area contributed by atoms with E-state index in [1.165, 1.54) is 10.8 Å². The molecule has 0 saturated carbocycles. The highest BCUT2D eigenvalue weighted by molar-refractivity contribution is 5.96. The van der Waals surface area contributed by atoms with Crippen molar-refractivity contribution in [1.82, 2.24) is 4.57 Å². The van der Waals surface area contributed by atoms with Gasteiger partial charge in [0.15, 0.2) is 0 Å². The van der Waals surface area contributed by atoms with E-state index in [2.05, 4.69) is 6.07 Å². The monoisotopic (exact) mass is 399 g/mol. The molecule has 0 radical (unpaired) electrons. The summed E-state index contributed by atoms with van der Waals surface area (Å²) in [4.78, 5) is 25.9. The zero-order chi connectivity index (χ0) is 20.8. The normalized spacial score (nSPS) is 18.3. The fourth-order valence-corrected chi connectivity index (χ4v) is 4.59. The Morgan fingerprint density at radius 2 is 2.10 bits per heavy atom. The summed E-state index contributed by atoms with van der Waals surface area (Å²) in [6.45, 7) is 4.80. The number of carboxylic acid groups (broad SMARTS) is 1. The largest absolute Gasteiger partial charge is 0.477 e. The summed E-state index contributed by atoms with van der Waals surface area (Å²) < 4.78 is 22.2. The van der Waals surface area contributed by atoms with Gasteiger partial charge < -0.3 is 19.3 Å². The highest BCUT2D eigenvalue weighted by Crippen LogP contribution is 2.41. The first kappa shape index (κ1) is 19.4. The lowest BCUT2D eigenvalue weighted by Crippen LogP contribution is -2.41. The van der Waals surface area contributed by atoms with Crippen molar-refractivity contribution in [2.45, 2.75) is 32.7 Å². The number of halogens is 1. The minimum atomic E-state index is -1.37. The number of anilines is 1. The summed E-state index contributed by atoms with van der Waals surface area (Å²) in [6.07, 6.45) is 3.94. The number of hydrogen-bond acceptors (Lipinski definition) is 5. The van der Waals surface area contributed by atoms with E-state index < -0.39 is 22.8 Å². The van der Waals surface area contributed by atoms with Gasteiger partial charge in [-0.3, -0.25) is 4.79 Å². The Bertz CT molecular complexity index is 1090. The van der Waals surface area contributed by atoms with Crippen molar-refractivity contribution in [2.75, 3.05) is 31.2 Å². The maximum absolute atomic E-state index is 15.2. The Labute approximate surface area is 166 Å². The summed E-state index contributed by atoms with van der Waals surface area (Å²) in [5.74, 6) is -2.04. The molecule has 0 amide bonds. The van der Waals surface area contributed by atoms with Crippen LogP contribution in [-0.4, -0.2) is 41.9 Å². The zero-order valence-electron chi connectivity index (χ0n) is 16.2. The molecule has 2 saturated heterocycles. The molecule has 1 N–H and O–H groups in total. The number of nitrogens with zero attached hydrogens (tertiary/aromatic N) is 3. The van der Waals surface area contributed by atoms with Gasteiger partial charge in [-0.05, 0) is 37.7 Å². The molecule has 0 bridgehead atoms. The minimum absolute atomic E-state index is 0.0783. The van der Waals surface area contributed by atoms with Crippen molar-refractivity contribution in [3.8, 4) is 6.07 Å². The number of pyridine rings is 1. The van der Waals surface area contributed by atoms with Gasteiger partial charge in [0.05, 0.1) is 23.2 Å². The number of carboxylic acids is 1. The molecule has 2 fully saturated rings. The smallest absolute Gasteiger partial charge is 0.341 e. The number of piperidine rings is 1. The van der Waals surface area contributed by atoms with Crippen LogP contribution in [0.3, 0.4) is 0 Å². The number of aromatic nitrogens is 1. The van der Waals surface area contributed by atoms with E-state index in [-0.39, 0.29) is 27.6 Å². The molecule has 152 valence electrons. The first-order valence-corrected chi connectivity index (χ1v) is 9.76. The fraction of sp³-hybridized carbons (Fsp3) is 0.476. The SMILES string of the molecule is CCn1cc(C(=O)O)c(=O)c2cc(F)c(N3CCC4(CCOC4)CC3)c(C#N)c21. The Balaban J connectivity index is 1.87. The summed E-state index contributed by atoms with van der Waals surface area (Å²) in [5, 5.41) is 19.1. The number of benzene rings is 1. The van der Waals surface area contributed by atoms with Crippen LogP contribution in [0.1, 0.15) is 42.1 Å². The summed E-state index contributed by atoms with van der Waals surface area (Å²) >= 11 is 0. The van der Waals surface area contributed by atoms with Crippen LogP contribution in [0.15, 0.2) is 17.1 Å². The molecule has 29 heavy (non-hydrogen) atoms. The second-order valence-corrected chi connectivity index (χ2v) is 7.84. The van der Waals surface area contributed by atoms with Crippen molar-refractivity contribution < 1.29 is 19.0 Å². The van der Waals surface area contributed by atoms with Gasteiger partial charge in [-0.25, -0.2) is 9.18 Å². The van der Waals surface area contributed by atoms with Gasteiger partial charge in [0, 0.05) is 32.4 Å². The average Bonchev–Trinajstić information content (AvgIpc) is 3.16. The molecule has 0 aliphatic carbocycles. The zero-order valence-corrected chi connectivity index (χ0v) is 16.2. The van der Waals surface area contributed by atoms with E-state index >= 15 is 4.39 Å². The number of carbonyl (C=O) groups is 1. The van der Waals surface area contributed by atoms with Crippen LogP contribution in [-0.2, 0) is 11.3 Å². The van der Waals surface area contributed by atoms with Crippen molar-refractivity contribution in [3.05, 3.63) is 39.4 Å². The molecular weight excluding hydrogens is 377 g/mol. The highest BCUT2D eigenvalue weighted by Gasteiger charge is 2.39. The standard InChI is InChI=1S/C21H22FN3O4/c1-2-24-11-15(20(27)28)19(26)13-9-16(22)18(14(10-23)17(13)24)25-6-3-21(4-7-25)5-8-29-12-21/h9,11H,2-8,12H2,1H3,(H,27,28). The van der Waals surface area contributed by atoms with E-state index in [0.29, 0.717) is 19.6 Å². The quantitative estimate of drug-likeness (QED) is 0.853. The molecule has 7 nitrogen and oxygen atoms in total. The number of nitriles is 1. The van der Waals surface area contributed by atoms with Crippen molar-refractivity contribution in [1.29, 1.82) is 5.26 Å². The third kappa shape index (κ3) is 3.06. The number of rotatable bonds is 3. The predicted octanol–water partition coefficient (Wildman–Crippen LogP) is 2.74. The predicted molar refractivity (Wildman–Crippen MR) is 105 cm³/mol. The molecule has 0 atom stereocenters. The second kappa shape index (κ2) is 7.16. The molecule has 0 unspecified atom stereocenters. The molecular formula is C21H22FN3O4. The first-order chi connectivity index (χ1) is 13.9. The molecule has 1 aromatic carbocycles. The van der Waals surface area contributed by atoms with E-state index in [1.807, 2.05) is 4.90 Å². The van der Waals surface area contributed by atoms with Crippen LogP contribution in [0.2, 0.25) is 0 Å². The molecule has 4 rings (SSSR count). The van der Waals surface area contributed by atoms with Crippen LogP contribution in [0.4, 0.5) is 10.1 Å². The molecule has 2 aromatic rings. The summed E-state index contributed by atoms with van der Waals surface area (Å²) in [7, 11) is 0. The van der Waals surface area contributed by atoms with Crippen LogP contribution >= 0.6 is 0 Å². The molecule has 1 aromatic heterocycles. The van der Waals surface area contributed by atoms with E-state index in [1.54, 1.807) is 6.92 Å². The van der Waals surface area contributed by atoms with Gasteiger partial charge in [0.25, 0.3) is 0 Å². The van der Waals surface area contributed by atoms with Crippen LogP contribution in [0, 0.1) is 22.6 Å². The third-order valence-corrected chi connectivity index (χ3v) is 6.30. The lowest BCUT2D eigenvalue weighted by molar-refractivity contribution is 0.0695. The van der Waals surface area contributed by atoms with Gasteiger partial charge in [-0.2, -0.15) is 5.26 Å². The van der Waals surface area contributed by atoms with Gasteiger partial charge in [-0.15, -0.1) is 0 Å². The highest BCUT2D eigenvalue weighted by atomic mass is 19.1. The third-order valence-electron chi connectivity index (χ3n) is 6.30. The minimum Gasteiger partial charge on any atom is -0.477 e. The van der Waals surface area contributed by atoms with Gasteiger partial charge in [-0.1, -0.05) is 0 Å². The van der Waals surface area contributed by atoms with E-state index in [4.69, 9.17) is 4.74 Å². The van der Waals surface area contributed by atoms with Crippen LogP contribution in [0.25, 0.3) is 10.9 Å². The van der Waals surface area contributed by atoms with Crippen molar-refractivity contribution in [3.63, 3.8) is 0 Å². The molecule has 1 spiro atoms. The topological polar surface area (TPSA) is 95.6 Å². The molecule has 2 aliphatic rings. The Hall–Kier alpha value is -2.92. The fourth-order valence-electron chi connectivity index (χ4n) is 4.59. The molecule has 3 heterocycles. The number of aryl methyl sites for hydroxylation is 1. The van der Waals surface area contributed by atoms with Gasteiger partial charge >= 0.3 is 5.97 Å². The number of ether oxygens (including phenoxy) is 1. The van der Waals surface area contributed by atoms with Crippen LogP contribution in [0.5, 0.6) is 0 Å². The number of hydrogen-bond donors (Lipinski definition) is 1. The Kier molecular flexibility index (Phi) is 4.79. The second-order valence-electron chi connectivity index (χ2n) is 7.84. The first-order valence-electron chi connectivity index (χ1n) is 9.76. The van der Waals surface area contributed by atoms with Crippen molar-refractivity contribution in [2.24, 2.45) is 5.41 Å². The molecule has 8 heteroatoms. The summed E-state index contributed by atoms with van der Waals surface area (Å²) in [5.41, 5.74) is -0.520. The van der Waals surface area contributed by atoms with Gasteiger partial charge in [0.2, 0.25) is 5.43 Å². The maximum atomic E-state index is 15.2. The van der Waals surface area contributed by atoms with E-state index in [0.717, 1.165) is 38.5 Å². The van der Waals surface area contributed by atoms with E-state index in [9.17, 15) is 20.0 Å². The Morgan fingerprint density at radius 3 is 2.66 bits per heavy atom. The van der Waals surface area contributed by atoms with Gasteiger partial charge in [0.1, 0.15) is 23.0 Å². The lowest BCUT2D eigenvalue weighted by atomic mass is 9.78. The number of aromatic carboxylic acids is 1. The van der Waals surface area contributed by atoms with Crippen LogP contribution < -0.4 is 10.3 Å².